The number of carbonyl (C=O) groups excluding carboxylic acids is 2. The fourth-order valence-corrected chi connectivity index (χ4v) is 1.03. The number of hydrogen-bond donors (Lipinski definition) is 1. The molecule has 9 heteroatoms. The van der Waals surface area contributed by atoms with Gasteiger partial charge in [0.05, 0.1) is 6.20 Å². The molecule has 17 heavy (non-hydrogen) atoms. The lowest BCUT2D eigenvalue weighted by atomic mass is 10.3. The molecule has 94 valence electrons. The van der Waals surface area contributed by atoms with Crippen LogP contribution in [0.15, 0.2) is 6.20 Å². The first-order valence-electron chi connectivity index (χ1n) is 4.63. The summed E-state index contributed by atoms with van der Waals surface area (Å²) in [6, 6.07) is 0. The molecule has 0 atom stereocenters. The molecule has 1 N–H and O–H groups in total. The molecule has 1 aromatic rings. The standard InChI is InChI=1S/C8H9F3N4O2/c1-2-12-6(16)4-15-3-5(13-14-15)7(17)8(9,10)11/h3H,2,4H2,1H3,(H,12,16). The maximum atomic E-state index is 12.0. The number of Topliss-reactive ketones (excluding diaryl/α,β-unsaturated/α-hetero) is 1. The van der Waals surface area contributed by atoms with E-state index in [1.165, 1.54) is 0 Å². The summed E-state index contributed by atoms with van der Waals surface area (Å²) in [5, 5.41) is 8.75. The zero-order valence-electron chi connectivity index (χ0n) is 8.78. The molecule has 0 aliphatic rings. The van der Waals surface area contributed by atoms with Crippen LogP contribution < -0.4 is 5.32 Å². The third kappa shape index (κ3) is 3.54. The molecule has 0 saturated heterocycles. The van der Waals surface area contributed by atoms with Gasteiger partial charge in [-0.05, 0) is 6.92 Å². The van der Waals surface area contributed by atoms with E-state index in [9.17, 15) is 22.8 Å². The fraction of sp³-hybridized carbons (Fsp3) is 0.500. The quantitative estimate of drug-likeness (QED) is 0.772. The van der Waals surface area contributed by atoms with Gasteiger partial charge in [0.2, 0.25) is 5.91 Å². The van der Waals surface area contributed by atoms with Crippen molar-refractivity contribution in [1.29, 1.82) is 0 Å². The normalized spacial score (nSPS) is 11.3. The number of alkyl halides is 3. The number of nitrogens with zero attached hydrogens (tertiary/aromatic N) is 3. The number of ketones is 1. The van der Waals surface area contributed by atoms with Crippen LogP contribution in [-0.4, -0.2) is 39.4 Å². The van der Waals surface area contributed by atoms with Crippen LogP contribution in [0.2, 0.25) is 0 Å². The van der Waals surface area contributed by atoms with Crippen LogP contribution in [0.1, 0.15) is 17.4 Å². The largest absolute Gasteiger partial charge is 0.456 e. The van der Waals surface area contributed by atoms with Gasteiger partial charge in [-0.1, -0.05) is 5.21 Å². The number of hydrogen-bond acceptors (Lipinski definition) is 4. The van der Waals surface area contributed by atoms with Crippen molar-refractivity contribution in [2.24, 2.45) is 0 Å². The molecule has 0 spiro atoms. The lowest BCUT2D eigenvalue weighted by molar-refractivity contribution is -0.121. The number of carbonyl (C=O) groups is 2. The van der Waals surface area contributed by atoms with Gasteiger partial charge in [-0.25, -0.2) is 4.68 Å². The molecular weight excluding hydrogens is 241 g/mol. The van der Waals surface area contributed by atoms with Gasteiger partial charge >= 0.3 is 6.18 Å². The van der Waals surface area contributed by atoms with Crippen molar-refractivity contribution in [2.75, 3.05) is 6.54 Å². The van der Waals surface area contributed by atoms with E-state index in [-0.39, 0.29) is 6.54 Å². The Hall–Kier alpha value is -1.93. The van der Waals surface area contributed by atoms with Crippen LogP contribution >= 0.6 is 0 Å². The number of aromatic nitrogens is 3. The Morgan fingerprint density at radius 2 is 2.12 bits per heavy atom. The maximum Gasteiger partial charge on any atom is 0.456 e. The highest BCUT2D eigenvalue weighted by atomic mass is 19.4. The summed E-state index contributed by atoms with van der Waals surface area (Å²) in [5.41, 5.74) is -0.832. The van der Waals surface area contributed by atoms with Crippen LogP contribution in [0.5, 0.6) is 0 Å². The predicted octanol–water partition coefficient (Wildman–Crippen LogP) is 0.159. The topological polar surface area (TPSA) is 76.9 Å². The molecule has 0 bridgehead atoms. The second-order valence-corrected chi connectivity index (χ2v) is 3.08. The number of amides is 1. The minimum Gasteiger partial charge on any atom is -0.355 e. The molecule has 0 unspecified atom stereocenters. The summed E-state index contributed by atoms with van der Waals surface area (Å²) in [4.78, 5) is 21.8. The second-order valence-electron chi connectivity index (χ2n) is 3.08. The van der Waals surface area contributed by atoms with Crippen molar-refractivity contribution in [3.05, 3.63) is 11.9 Å². The number of likely N-dealkylation sites (N-methyl/N-ethyl adjacent to an activating group) is 1. The first kappa shape index (κ1) is 13.1. The summed E-state index contributed by atoms with van der Waals surface area (Å²) in [6.45, 7) is 1.80. The number of nitrogens with one attached hydrogen (secondary N) is 1. The zero-order valence-corrected chi connectivity index (χ0v) is 8.78. The molecule has 1 aromatic heterocycles. The van der Waals surface area contributed by atoms with Gasteiger partial charge in [0.1, 0.15) is 6.54 Å². The van der Waals surface area contributed by atoms with Crippen LogP contribution in [0.4, 0.5) is 13.2 Å². The van der Waals surface area contributed by atoms with Gasteiger partial charge in [-0.3, -0.25) is 9.59 Å². The van der Waals surface area contributed by atoms with Crippen molar-refractivity contribution in [3.8, 4) is 0 Å². The van der Waals surface area contributed by atoms with E-state index in [0.29, 0.717) is 6.54 Å². The Bertz CT molecular complexity index is 427. The smallest absolute Gasteiger partial charge is 0.355 e. The maximum absolute atomic E-state index is 12.0. The van der Waals surface area contributed by atoms with E-state index in [2.05, 4.69) is 15.6 Å². The van der Waals surface area contributed by atoms with Gasteiger partial charge in [-0.15, -0.1) is 5.10 Å². The molecule has 0 saturated carbocycles. The zero-order chi connectivity index (χ0) is 13.1. The number of halogens is 3. The minimum absolute atomic E-state index is 0.286. The van der Waals surface area contributed by atoms with Gasteiger partial charge in [-0.2, -0.15) is 13.2 Å². The van der Waals surface area contributed by atoms with Gasteiger partial charge in [0, 0.05) is 6.54 Å². The average Bonchev–Trinajstić information content (AvgIpc) is 2.63. The summed E-state index contributed by atoms with van der Waals surface area (Å²) in [7, 11) is 0. The lowest BCUT2D eigenvalue weighted by Gasteiger charge is -2.01. The lowest BCUT2D eigenvalue weighted by Crippen LogP contribution is -2.27. The van der Waals surface area contributed by atoms with Crippen LogP contribution in [0.3, 0.4) is 0 Å². The highest BCUT2D eigenvalue weighted by molar-refractivity contribution is 5.98. The molecule has 1 rings (SSSR count). The Morgan fingerprint density at radius 1 is 1.47 bits per heavy atom. The van der Waals surface area contributed by atoms with E-state index in [1.807, 2.05) is 0 Å². The van der Waals surface area contributed by atoms with Crippen LogP contribution in [0, 0.1) is 0 Å². The first-order chi connectivity index (χ1) is 7.84. The SMILES string of the molecule is CCNC(=O)Cn1cc(C(=O)C(F)(F)F)nn1. The molecule has 0 radical (unpaired) electrons. The first-order valence-corrected chi connectivity index (χ1v) is 4.63. The molecular formula is C8H9F3N4O2. The fourth-order valence-electron chi connectivity index (χ4n) is 1.03. The summed E-state index contributed by atoms with van der Waals surface area (Å²) >= 11 is 0. The Kier molecular flexibility index (Phi) is 3.81. The van der Waals surface area contributed by atoms with E-state index in [0.717, 1.165) is 10.9 Å². The van der Waals surface area contributed by atoms with E-state index >= 15 is 0 Å². The van der Waals surface area contributed by atoms with E-state index in [1.54, 1.807) is 6.92 Å². The highest BCUT2D eigenvalue weighted by Crippen LogP contribution is 2.19. The van der Waals surface area contributed by atoms with Crippen molar-refractivity contribution in [3.63, 3.8) is 0 Å². The van der Waals surface area contributed by atoms with Crippen LogP contribution in [0.25, 0.3) is 0 Å². The average molecular weight is 250 g/mol. The summed E-state index contributed by atoms with van der Waals surface area (Å²) < 4.78 is 36.9. The van der Waals surface area contributed by atoms with Gasteiger partial charge < -0.3 is 5.32 Å². The number of rotatable bonds is 4. The van der Waals surface area contributed by atoms with Crippen molar-refractivity contribution in [2.45, 2.75) is 19.6 Å². The van der Waals surface area contributed by atoms with Crippen molar-refractivity contribution >= 4 is 11.7 Å². The third-order valence-electron chi connectivity index (χ3n) is 1.71. The van der Waals surface area contributed by atoms with Crippen LogP contribution in [-0.2, 0) is 11.3 Å². The summed E-state index contributed by atoms with van der Waals surface area (Å²) in [6.07, 6.45) is -4.21. The van der Waals surface area contributed by atoms with E-state index in [4.69, 9.17) is 0 Å². The molecule has 0 aromatic carbocycles. The third-order valence-corrected chi connectivity index (χ3v) is 1.71. The van der Waals surface area contributed by atoms with Gasteiger partial charge in [0.25, 0.3) is 5.78 Å². The monoisotopic (exact) mass is 250 g/mol. The predicted molar refractivity (Wildman–Crippen MR) is 49.1 cm³/mol. The molecule has 0 aliphatic carbocycles. The molecule has 1 amide bonds. The molecule has 1 heterocycles. The Balaban J connectivity index is 2.72. The Labute approximate surface area is 93.8 Å². The second kappa shape index (κ2) is 4.93. The van der Waals surface area contributed by atoms with E-state index < -0.39 is 23.6 Å². The van der Waals surface area contributed by atoms with Crippen molar-refractivity contribution < 1.29 is 22.8 Å². The van der Waals surface area contributed by atoms with Crippen molar-refractivity contribution in [1.82, 2.24) is 20.3 Å². The minimum atomic E-state index is -4.99. The Morgan fingerprint density at radius 3 is 2.65 bits per heavy atom. The molecule has 6 nitrogen and oxygen atoms in total. The van der Waals surface area contributed by atoms with Gasteiger partial charge in [0.15, 0.2) is 5.69 Å². The highest BCUT2D eigenvalue weighted by Gasteiger charge is 2.41. The molecule has 0 aliphatic heterocycles. The summed E-state index contributed by atoms with van der Waals surface area (Å²) in [5.74, 6) is -2.51. The molecule has 0 fully saturated rings.